The zero-order chi connectivity index (χ0) is 56.4. The summed E-state index contributed by atoms with van der Waals surface area (Å²) in [6.07, 6.45) is 42.7. The maximum absolute atomic E-state index is 13.3. The molecule has 436 valence electrons. The van der Waals surface area contributed by atoms with Crippen molar-refractivity contribution in [3.63, 3.8) is 0 Å². The third kappa shape index (κ3) is 42.5. The van der Waals surface area contributed by atoms with Gasteiger partial charge in [-0.3, -0.25) is 24.0 Å². The normalized spacial score (nSPS) is 10.8. The molecule has 0 aromatic heterocycles. The number of Topliss-reactive ketones (excluding diaryl/α,β-unsaturated/α-hetero) is 1. The second-order valence-corrected chi connectivity index (χ2v) is 22.6. The highest BCUT2D eigenvalue weighted by atomic mass is 35.5. The minimum Gasteiger partial charge on any atom is -0.326 e. The predicted octanol–water partition coefficient (Wildman–Crippen LogP) is 21.0. The van der Waals surface area contributed by atoms with Crippen LogP contribution in [0.4, 0.5) is 17.1 Å². The molecule has 3 N–H and O–H groups in total. The highest BCUT2D eigenvalue weighted by Crippen LogP contribution is 2.32. The van der Waals surface area contributed by atoms with E-state index in [1.54, 1.807) is 6.07 Å². The van der Waals surface area contributed by atoms with E-state index in [1.165, 1.54) is 157 Å². The van der Waals surface area contributed by atoms with Crippen molar-refractivity contribution < 1.29 is 24.0 Å². The Morgan fingerprint density at radius 1 is 0.316 bits per heavy atom. The van der Waals surface area contributed by atoms with Crippen LogP contribution in [0.5, 0.6) is 0 Å². The fourth-order valence-corrected chi connectivity index (χ4v) is 9.52. The Hall–Kier alpha value is -3.52. The van der Waals surface area contributed by atoms with E-state index >= 15 is 0 Å². The number of carbonyl (C=O) groups excluding carboxylic acids is 5. The van der Waals surface area contributed by atoms with Gasteiger partial charge in [-0.1, -0.05) is 239 Å². The van der Waals surface area contributed by atoms with Crippen LogP contribution in [-0.4, -0.2) is 28.7 Å². The molecule has 76 heavy (non-hydrogen) atoms. The van der Waals surface area contributed by atoms with E-state index in [9.17, 15) is 24.0 Å². The minimum absolute atomic E-state index is 0.0830. The lowest BCUT2D eigenvalue weighted by Gasteiger charge is -2.19. The van der Waals surface area contributed by atoms with Crippen LogP contribution in [0.25, 0.3) is 0 Å². The van der Waals surface area contributed by atoms with E-state index in [1.807, 2.05) is 6.07 Å². The molecule has 0 radical (unpaired) electrons. The van der Waals surface area contributed by atoms with Gasteiger partial charge < -0.3 is 16.0 Å². The summed E-state index contributed by atoms with van der Waals surface area (Å²) in [4.78, 5) is 63.4. The van der Waals surface area contributed by atoms with E-state index in [-0.39, 0.29) is 35.2 Å². The number of rotatable bonds is 45. The van der Waals surface area contributed by atoms with Crippen LogP contribution < -0.4 is 16.0 Å². The molecule has 9 heteroatoms. The first kappa shape index (κ1) is 72.5. The number of nitrogens with one attached hydrogen (secondary N) is 3. The summed E-state index contributed by atoms with van der Waals surface area (Å²) in [5.41, 5.74) is 7.78. The minimum atomic E-state index is -0.191. The van der Waals surface area contributed by atoms with Crippen LogP contribution in [-0.2, 0) is 30.4 Å². The number of halogens is 1. The molecular weight excluding hydrogens is 962 g/mol. The van der Waals surface area contributed by atoms with Crippen molar-refractivity contribution >= 4 is 57.4 Å². The van der Waals surface area contributed by atoms with Crippen LogP contribution in [0.15, 0.2) is 24.3 Å². The Morgan fingerprint density at radius 2 is 0.566 bits per heavy atom. The Labute approximate surface area is 472 Å². The van der Waals surface area contributed by atoms with Gasteiger partial charge in [0.15, 0.2) is 0 Å². The van der Waals surface area contributed by atoms with Crippen molar-refractivity contribution in [1.29, 1.82) is 0 Å². The third-order valence-electron chi connectivity index (χ3n) is 14.6. The number of anilines is 3. The van der Waals surface area contributed by atoms with Gasteiger partial charge in [0, 0.05) is 44.2 Å². The topological polar surface area (TPSA) is 121 Å². The van der Waals surface area contributed by atoms with Gasteiger partial charge in [0.25, 0.3) is 0 Å². The Bertz CT molecular complexity index is 1590. The summed E-state index contributed by atoms with van der Waals surface area (Å²) >= 11 is 5.20. The van der Waals surface area contributed by atoms with Crippen LogP contribution in [0.3, 0.4) is 0 Å². The van der Waals surface area contributed by atoms with Crippen LogP contribution in [0, 0.1) is 27.7 Å². The smallest absolute Gasteiger partial charge is 0.224 e. The van der Waals surface area contributed by atoms with Crippen molar-refractivity contribution in [2.24, 2.45) is 0 Å². The van der Waals surface area contributed by atoms with Crippen molar-refractivity contribution in [3.05, 3.63) is 52.1 Å². The molecular formula is C67H116ClN3O5. The standard InChI is InChI=1S/C47H83N3O4.C10H19ClO.C10H14/c1-5-9-13-17-21-25-29-33-41(51)37-40-38-43(49-46(53)35-31-27-23-19-15-11-7-3)44(50-47(54)36-32-28-24-20-16-12-8-4)39-42(40)48-45(52)34-30-26-22-18-14-10-6-2;1-2-3-4-5-6-7-8-9-10(11)12;1-7-5-9(3)10(4)6-8(7)2/h38-39H,5-37H2,1-4H3,(H,48,52)(H,49,53)(H,50,54);2-9H2,1H3;5-6H,1-4H3. The van der Waals surface area contributed by atoms with Crippen molar-refractivity contribution in [2.45, 2.75) is 326 Å². The van der Waals surface area contributed by atoms with Gasteiger partial charge in [-0.15, -0.1) is 0 Å². The summed E-state index contributed by atoms with van der Waals surface area (Å²) in [5.74, 6) is -0.154. The van der Waals surface area contributed by atoms with Gasteiger partial charge in [-0.05, 0) is 111 Å². The summed E-state index contributed by atoms with van der Waals surface area (Å²) in [6, 6.07) is 8.07. The first-order valence-electron chi connectivity index (χ1n) is 31.5. The molecule has 0 saturated heterocycles. The van der Waals surface area contributed by atoms with Crippen LogP contribution in [0.2, 0.25) is 0 Å². The average Bonchev–Trinajstić information content (AvgIpc) is 3.38. The second kappa shape index (κ2) is 51.0. The van der Waals surface area contributed by atoms with Crippen LogP contribution in [0.1, 0.15) is 319 Å². The highest BCUT2D eigenvalue weighted by Gasteiger charge is 2.18. The molecule has 8 nitrogen and oxygen atoms in total. The molecule has 0 unspecified atom stereocenters. The van der Waals surface area contributed by atoms with Gasteiger partial charge in [0.1, 0.15) is 5.78 Å². The van der Waals surface area contributed by atoms with E-state index < -0.39 is 0 Å². The molecule has 3 amide bonds. The monoisotopic (exact) mass is 1080 g/mol. The molecule has 0 aliphatic carbocycles. The zero-order valence-corrected chi connectivity index (χ0v) is 51.5. The lowest BCUT2D eigenvalue weighted by Crippen LogP contribution is -2.19. The zero-order valence-electron chi connectivity index (χ0n) is 50.7. The Morgan fingerprint density at radius 3 is 0.868 bits per heavy atom. The van der Waals surface area contributed by atoms with Crippen molar-refractivity contribution in [3.8, 4) is 0 Å². The number of benzene rings is 2. The van der Waals surface area contributed by atoms with Gasteiger partial charge in [-0.25, -0.2) is 0 Å². The summed E-state index contributed by atoms with van der Waals surface area (Å²) in [7, 11) is 0. The molecule has 0 spiro atoms. The maximum atomic E-state index is 13.3. The van der Waals surface area contributed by atoms with Crippen LogP contribution >= 0.6 is 11.6 Å². The third-order valence-corrected chi connectivity index (χ3v) is 14.8. The maximum Gasteiger partial charge on any atom is 0.224 e. The highest BCUT2D eigenvalue weighted by molar-refractivity contribution is 6.63. The quantitative estimate of drug-likeness (QED) is 0.0451. The first-order chi connectivity index (χ1) is 36.7. The molecule has 0 fully saturated rings. The molecule has 0 heterocycles. The number of aryl methyl sites for hydroxylation is 4. The number of hydrogen-bond donors (Lipinski definition) is 3. The number of unbranched alkanes of at least 4 members (excludes halogenated alkanes) is 30. The van der Waals surface area contributed by atoms with Crippen molar-refractivity contribution in [2.75, 3.05) is 16.0 Å². The van der Waals surface area contributed by atoms with E-state index in [4.69, 9.17) is 11.6 Å². The van der Waals surface area contributed by atoms with Gasteiger partial charge in [0.2, 0.25) is 23.0 Å². The van der Waals surface area contributed by atoms with Gasteiger partial charge in [0.05, 0.1) is 11.4 Å². The molecule has 0 atom stereocenters. The second-order valence-electron chi connectivity index (χ2n) is 22.1. The molecule has 2 aromatic rings. The summed E-state index contributed by atoms with van der Waals surface area (Å²) in [6.45, 7) is 19.7. The van der Waals surface area contributed by atoms with E-state index in [0.29, 0.717) is 54.7 Å². The summed E-state index contributed by atoms with van der Waals surface area (Å²) in [5, 5.41) is 9.06. The van der Waals surface area contributed by atoms with E-state index in [0.717, 1.165) is 89.9 Å². The molecule has 0 aliphatic heterocycles. The number of ketones is 1. The van der Waals surface area contributed by atoms with Gasteiger partial charge in [-0.2, -0.15) is 0 Å². The molecule has 2 aromatic carbocycles. The lowest BCUT2D eigenvalue weighted by molar-refractivity contribution is -0.119. The molecule has 0 aliphatic rings. The molecule has 0 saturated carbocycles. The van der Waals surface area contributed by atoms with E-state index in [2.05, 4.69) is 90.4 Å². The average molecular weight is 1080 g/mol. The Balaban J connectivity index is 0.00000208. The fraction of sp³-hybridized carbons (Fsp3) is 0.746. The fourth-order valence-electron chi connectivity index (χ4n) is 9.39. The lowest BCUT2D eigenvalue weighted by atomic mass is 10.00. The first-order valence-corrected chi connectivity index (χ1v) is 31.9. The Kier molecular flexibility index (Phi) is 48.6. The van der Waals surface area contributed by atoms with Gasteiger partial charge >= 0.3 is 0 Å². The molecule has 2 rings (SSSR count). The predicted molar refractivity (Wildman–Crippen MR) is 330 cm³/mol. The SMILES string of the molecule is CCCCCCCCCC(=O)Cc1cc(NC(=O)CCCCCCCCC)c(NC(=O)CCCCCCCCC)cc1NC(=O)CCCCCCCCC.CCCCCCCCCC(=O)Cl.Cc1cc(C)c(C)cc1C. The number of hydrogen-bond acceptors (Lipinski definition) is 5. The number of amides is 3. The number of carbonyl (C=O) groups is 5. The largest absolute Gasteiger partial charge is 0.326 e. The van der Waals surface area contributed by atoms with Crippen molar-refractivity contribution in [1.82, 2.24) is 0 Å². The molecule has 0 bridgehead atoms. The summed E-state index contributed by atoms with van der Waals surface area (Å²) < 4.78 is 0.